The van der Waals surface area contributed by atoms with Crippen LogP contribution >= 0.6 is 10.6 Å². The van der Waals surface area contributed by atoms with E-state index in [2.05, 4.69) is 14.7 Å². The standard InChI is InChI=1S/C20H25N3O5S2.C2HF3O2/c1-13(24)19-12-18-17(6-9-21-20(18)22-19)14-2-4-16(5-3-14)30(27,28)23-15-7-10-29(25,26)11-8-15;3-2(4,5)1(6)7/h2-6,9,12-13,15,23-26H,7-8,10-11H2,1H3,(H,21,22);(H,6,7). The van der Waals surface area contributed by atoms with E-state index in [1.165, 1.54) is 0 Å². The van der Waals surface area contributed by atoms with E-state index < -0.39 is 38.9 Å². The number of nitrogens with one attached hydrogen (secondary N) is 2. The van der Waals surface area contributed by atoms with Gasteiger partial charge in [0, 0.05) is 34.8 Å². The normalized spacial score (nSPS) is 18.0. The van der Waals surface area contributed by atoms with E-state index in [0.29, 0.717) is 24.2 Å². The Labute approximate surface area is 212 Å². The quantitative estimate of drug-likeness (QED) is 0.268. The number of carboxylic acids is 1. The minimum Gasteiger partial charge on any atom is -0.475 e. The lowest BCUT2D eigenvalue weighted by atomic mass is 10.0. The molecule has 1 saturated heterocycles. The molecule has 204 valence electrons. The summed E-state index contributed by atoms with van der Waals surface area (Å²) < 4.78 is 79.3. The molecule has 15 heteroatoms. The molecule has 0 amide bonds. The number of carbonyl (C=O) groups is 1. The third-order valence-corrected chi connectivity index (χ3v) is 8.94. The number of hydrogen-bond acceptors (Lipinski definition) is 7. The van der Waals surface area contributed by atoms with Crippen molar-refractivity contribution >= 4 is 37.6 Å². The molecular formula is C22H26F3N3O7S2. The van der Waals surface area contributed by atoms with Crippen LogP contribution in [0.25, 0.3) is 22.2 Å². The zero-order chi connectivity index (χ0) is 27.6. The van der Waals surface area contributed by atoms with Crippen molar-refractivity contribution in [2.75, 3.05) is 11.5 Å². The molecule has 0 saturated carbocycles. The van der Waals surface area contributed by atoms with Crippen LogP contribution in [0.3, 0.4) is 0 Å². The highest BCUT2D eigenvalue weighted by molar-refractivity contribution is 8.24. The van der Waals surface area contributed by atoms with Crippen LogP contribution in [0, 0.1) is 0 Å². The number of aromatic amines is 1. The molecule has 1 unspecified atom stereocenters. The molecule has 2 aromatic heterocycles. The van der Waals surface area contributed by atoms with Crippen LogP contribution in [-0.4, -0.2) is 67.4 Å². The van der Waals surface area contributed by atoms with Gasteiger partial charge in [0.1, 0.15) is 5.65 Å². The van der Waals surface area contributed by atoms with E-state index in [1.54, 1.807) is 37.4 Å². The Kier molecular flexibility index (Phi) is 8.56. The summed E-state index contributed by atoms with van der Waals surface area (Å²) in [6, 6.07) is 10.0. The maximum absolute atomic E-state index is 12.7. The Bertz CT molecular complexity index is 1350. The van der Waals surface area contributed by atoms with Crippen LogP contribution in [0.5, 0.6) is 0 Å². The van der Waals surface area contributed by atoms with Gasteiger partial charge in [-0.2, -0.15) is 23.8 Å². The second kappa shape index (κ2) is 11.0. The van der Waals surface area contributed by atoms with E-state index in [9.17, 15) is 35.8 Å². The number of benzene rings is 1. The summed E-state index contributed by atoms with van der Waals surface area (Å²) >= 11 is 0. The highest BCUT2D eigenvalue weighted by Gasteiger charge is 2.38. The molecule has 0 spiro atoms. The van der Waals surface area contributed by atoms with Crippen molar-refractivity contribution in [2.24, 2.45) is 0 Å². The SMILES string of the molecule is CC(O)c1cc2c(-c3ccc(S(=O)(=O)NC4CCS(O)(O)CC4)cc3)ccnc2[nH]1.O=C(O)C(F)(F)F. The highest BCUT2D eigenvalue weighted by Crippen LogP contribution is 2.44. The molecule has 1 atom stereocenters. The fourth-order valence-electron chi connectivity index (χ4n) is 3.65. The van der Waals surface area contributed by atoms with Crippen molar-refractivity contribution in [1.82, 2.24) is 14.7 Å². The predicted molar refractivity (Wildman–Crippen MR) is 132 cm³/mol. The Hall–Kier alpha value is -2.69. The zero-order valence-electron chi connectivity index (χ0n) is 19.4. The van der Waals surface area contributed by atoms with E-state index in [-0.39, 0.29) is 22.4 Å². The molecule has 1 aliphatic rings. The minimum absolute atomic E-state index is 0.160. The van der Waals surface area contributed by atoms with Crippen LogP contribution in [0.4, 0.5) is 13.2 Å². The van der Waals surface area contributed by atoms with Gasteiger partial charge < -0.3 is 15.2 Å². The van der Waals surface area contributed by atoms with Crippen LogP contribution < -0.4 is 4.72 Å². The monoisotopic (exact) mass is 565 g/mol. The van der Waals surface area contributed by atoms with Crippen LogP contribution in [0.1, 0.15) is 31.6 Å². The molecule has 10 nitrogen and oxygen atoms in total. The van der Waals surface area contributed by atoms with Crippen molar-refractivity contribution in [3.05, 3.63) is 48.3 Å². The molecule has 0 radical (unpaired) electrons. The molecule has 0 bridgehead atoms. The summed E-state index contributed by atoms with van der Waals surface area (Å²) in [5.74, 6) is -2.31. The lowest BCUT2D eigenvalue weighted by molar-refractivity contribution is -0.192. The first-order valence-corrected chi connectivity index (χ1v) is 14.3. The van der Waals surface area contributed by atoms with Gasteiger partial charge in [0.05, 0.1) is 11.0 Å². The van der Waals surface area contributed by atoms with E-state index >= 15 is 0 Å². The van der Waals surface area contributed by atoms with Crippen molar-refractivity contribution < 1.29 is 45.7 Å². The predicted octanol–water partition coefficient (Wildman–Crippen LogP) is 4.11. The van der Waals surface area contributed by atoms with Gasteiger partial charge in [-0.15, -0.1) is 0 Å². The molecule has 37 heavy (non-hydrogen) atoms. The van der Waals surface area contributed by atoms with Gasteiger partial charge in [0.25, 0.3) is 0 Å². The zero-order valence-corrected chi connectivity index (χ0v) is 21.1. The van der Waals surface area contributed by atoms with Crippen molar-refractivity contribution in [3.63, 3.8) is 0 Å². The van der Waals surface area contributed by atoms with Gasteiger partial charge in [0.2, 0.25) is 10.0 Å². The number of halogens is 3. The maximum Gasteiger partial charge on any atom is 0.490 e. The van der Waals surface area contributed by atoms with Crippen molar-refractivity contribution in [3.8, 4) is 11.1 Å². The number of sulfonamides is 1. The number of H-pyrrole nitrogens is 1. The van der Waals surface area contributed by atoms with Gasteiger partial charge in [-0.25, -0.2) is 22.9 Å². The topological polar surface area (TPSA) is 173 Å². The van der Waals surface area contributed by atoms with E-state index in [1.807, 2.05) is 12.1 Å². The minimum atomic E-state index is -5.08. The molecule has 3 aromatic rings. The molecular weight excluding hydrogens is 539 g/mol. The molecule has 0 aliphatic carbocycles. The average molecular weight is 566 g/mol. The maximum atomic E-state index is 12.7. The van der Waals surface area contributed by atoms with Crippen molar-refractivity contribution in [2.45, 2.75) is 43.0 Å². The lowest BCUT2D eigenvalue weighted by Gasteiger charge is -2.39. The number of aliphatic hydroxyl groups excluding tert-OH is 1. The van der Waals surface area contributed by atoms with Crippen molar-refractivity contribution in [1.29, 1.82) is 0 Å². The average Bonchev–Trinajstić information content (AvgIpc) is 3.25. The Balaban J connectivity index is 0.000000479. The van der Waals surface area contributed by atoms with Gasteiger partial charge >= 0.3 is 12.1 Å². The Morgan fingerprint density at radius 3 is 2.24 bits per heavy atom. The number of rotatable bonds is 5. The smallest absolute Gasteiger partial charge is 0.475 e. The first-order valence-electron chi connectivity index (χ1n) is 10.9. The second-order valence-corrected chi connectivity index (χ2v) is 12.6. The van der Waals surface area contributed by atoms with E-state index in [4.69, 9.17) is 9.90 Å². The molecule has 3 heterocycles. The van der Waals surface area contributed by atoms with Gasteiger partial charge in [-0.1, -0.05) is 12.1 Å². The number of pyridine rings is 1. The number of fused-ring (bicyclic) bond motifs is 1. The summed E-state index contributed by atoms with van der Waals surface area (Å²) in [7, 11) is -6.25. The van der Waals surface area contributed by atoms with Crippen LogP contribution in [0.2, 0.25) is 0 Å². The number of hydrogen-bond donors (Lipinski definition) is 6. The molecule has 1 fully saturated rings. The largest absolute Gasteiger partial charge is 0.490 e. The number of aliphatic hydroxyl groups is 1. The summed E-state index contributed by atoms with van der Waals surface area (Å²) in [4.78, 5) is 16.4. The fraction of sp³-hybridized carbons (Fsp3) is 0.364. The summed E-state index contributed by atoms with van der Waals surface area (Å²) in [6.07, 6.45) is -3.24. The molecule has 1 aromatic carbocycles. The summed E-state index contributed by atoms with van der Waals surface area (Å²) in [6.45, 7) is 1.67. The van der Waals surface area contributed by atoms with Gasteiger partial charge in [-0.3, -0.25) is 9.11 Å². The third-order valence-electron chi connectivity index (χ3n) is 5.63. The summed E-state index contributed by atoms with van der Waals surface area (Å²) in [5.41, 5.74) is 3.05. The van der Waals surface area contributed by atoms with Crippen LogP contribution in [0.15, 0.2) is 47.5 Å². The highest BCUT2D eigenvalue weighted by atomic mass is 32.3. The van der Waals surface area contributed by atoms with Gasteiger partial charge in [-0.05, 0) is 55.2 Å². The Morgan fingerprint density at radius 2 is 1.73 bits per heavy atom. The van der Waals surface area contributed by atoms with Crippen LogP contribution in [-0.2, 0) is 14.8 Å². The molecule has 6 N–H and O–H groups in total. The molecule has 1 aliphatic heterocycles. The first kappa shape index (κ1) is 28.9. The first-order chi connectivity index (χ1) is 17.1. The fourth-order valence-corrected chi connectivity index (χ4v) is 6.48. The number of aromatic nitrogens is 2. The van der Waals surface area contributed by atoms with Gasteiger partial charge in [0.15, 0.2) is 0 Å². The third kappa shape index (κ3) is 7.43. The number of aliphatic carboxylic acids is 1. The second-order valence-electron chi connectivity index (χ2n) is 8.45. The number of alkyl halides is 3. The number of carboxylic acid groups (broad SMARTS) is 1. The lowest BCUT2D eigenvalue weighted by Crippen LogP contribution is -2.39. The van der Waals surface area contributed by atoms with E-state index in [0.717, 1.165) is 16.5 Å². The Morgan fingerprint density at radius 1 is 1.16 bits per heavy atom. The number of nitrogens with zero attached hydrogens (tertiary/aromatic N) is 1. The summed E-state index contributed by atoms with van der Waals surface area (Å²) in [5, 5.41) is 17.8. The molecule has 4 rings (SSSR count).